The van der Waals surface area contributed by atoms with Crippen molar-refractivity contribution in [3.63, 3.8) is 0 Å². The summed E-state index contributed by atoms with van der Waals surface area (Å²) in [5.41, 5.74) is 1.86. The van der Waals surface area contributed by atoms with Gasteiger partial charge in [0.1, 0.15) is 0 Å². The molecule has 0 fully saturated rings. The normalized spacial score (nSPS) is 16.3. The van der Waals surface area contributed by atoms with E-state index in [9.17, 15) is 0 Å². The van der Waals surface area contributed by atoms with Gasteiger partial charge in [-0.15, -0.1) is 0 Å². The summed E-state index contributed by atoms with van der Waals surface area (Å²) in [4.78, 5) is 2.96. The van der Waals surface area contributed by atoms with Crippen LogP contribution in [0.25, 0.3) is 0 Å². The van der Waals surface area contributed by atoms with Gasteiger partial charge in [-0.1, -0.05) is 0 Å². The summed E-state index contributed by atoms with van der Waals surface area (Å²) in [5, 5.41) is 9.03. The molecule has 0 aromatic carbocycles. The number of hydrogen-bond acceptors (Lipinski definition) is 2. The molecule has 0 bridgehead atoms. The van der Waals surface area contributed by atoms with Crippen molar-refractivity contribution in [3.05, 3.63) is 18.0 Å². The molecule has 0 atom stereocenters. The third-order valence-corrected chi connectivity index (χ3v) is 1.52. The van der Waals surface area contributed by atoms with Gasteiger partial charge < -0.3 is 14.7 Å². The predicted octanol–water partition coefficient (Wildman–Crippen LogP) is -0.768. The molecule has 1 aromatic rings. The van der Waals surface area contributed by atoms with Gasteiger partial charge in [-0.3, -0.25) is 0 Å². The van der Waals surface area contributed by atoms with Crippen molar-refractivity contribution in [2.24, 2.45) is 0 Å². The Hall–Kier alpha value is -0.735. The lowest BCUT2D eigenvalue weighted by atomic mass is 9.82. The molecular formula is C5H6BNO2. The van der Waals surface area contributed by atoms with E-state index in [1.54, 1.807) is 6.20 Å². The summed E-state index contributed by atoms with van der Waals surface area (Å²) in [6, 6.07) is 1.83. The molecule has 3 nitrogen and oxygen atoms in total. The standard InChI is InChI=1S/C5H6BNO2/c8-6-4-1-2-7-5(4)3-9-6/h1-2,7-8H,3H2. The Bertz CT molecular complexity index is 222. The molecule has 0 aliphatic carbocycles. The van der Waals surface area contributed by atoms with Crippen molar-refractivity contribution in [3.8, 4) is 0 Å². The second-order valence-corrected chi connectivity index (χ2v) is 2.07. The first-order valence-corrected chi connectivity index (χ1v) is 2.84. The SMILES string of the molecule is OB1OCc2[nH]ccc21. The van der Waals surface area contributed by atoms with E-state index >= 15 is 0 Å². The van der Waals surface area contributed by atoms with Crippen LogP contribution >= 0.6 is 0 Å². The third kappa shape index (κ3) is 0.604. The second-order valence-electron chi connectivity index (χ2n) is 2.07. The molecule has 0 unspecified atom stereocenters. The van der Waals surface area contributed by atoms with Gasteiger partial charge in [-0.25, -0.2) is 0 Å². The first-order valence-electron chi connectivity index (χ1n) is 2.84. The molecule has 0 spiro atoms. The Morgan fingerprint density at radius 3 is 3.44 bits per heavy atom. The molecule has 0 radical (unpaired) electrons. The molecule has 9 heavy (non-hydrogen) atoms. The Balaban J connectivity index is 2.49. The molecule has 0 amide bonds. The van der Waals surface area contributed by atoms with Crippen molar-refractivity contribution in [1.29, 1.82) is 0 Å². The van der Waals surface area contributed by atoms with Gasteiger partial charge in [-0.2, -0.15) is 0 Å². The summed E-state index contributed by atoms with van der Waals surface area (Å²) in [7, 11) is -0.703. The van der Waals surface area contributed by atoms with Crippen molar-refractivity contribution in [2.45, 2.75) is 6.61 Å². The van der Waals surface area contributed by atoms with Crippen LogP contribution in [0.3, 0.4) is 0 Å². The molecule has 2 N–H and O–H groups in total. The van der Waals surface area contributed by atoms with Gasteiger partial charge in [-0.05, 0) is 6.07 Å². The van der Waals surface area contributed by atoms with E-state index in [2.05, 4.69) is 4.98 Å². The maximum atomic E-state index is 9.03. The number of fused-ring (bicyclic) bond motifs is 1. The molecule has 1 aliphatic heterocycles. The lowest BCUT2D eigenvalue weighted by Crippen LogP contribution is -2.26. The van der Waals surface area contributed by atoms with Crippen molar-refractivity contribution in [1.82, 2.24) is 4.98 Å². The number of aromatic nitrogens is 1. The Labute approximate surface area is 52.8 Å². The molecule has 4 heteroatoms. The fraction of sp³-hybridized carbons (Fsp3) is 0.200. The molecule has 0 saturated heterocycles. The highest BCUT2D eigenvalue weighted by Crippen LogP contribution is 2.04. The number of H-pyrrole nitrogens is 1. The maximum absolute atomic E-state index is 9.03. The summed E-state index contributed by atoms with van der Waals surface area (Å²) in [6.45, 7) is 0.503. The van der Waals surface area contributed by atoms with Crippen LogP contribution in [-0.4, -0.2) is 17.1 Å². The smallest absolute Gasteiger partial charge is 0.423 e. The topological polar surface area (TPSA) is 45.2 Å². The van der Waals surface area contributed by atoms with E-state index in [1.165, 1.54) is 0 Å². The summed E-state index contributed by atoms with van der Waals surface area (Å²) in [5.74, 6) is 0. The maximum Gasteiger partial charge on any atom is 0.493 e. The van der Waals surface area contributed by atoms with Gasteiger partial charge in [0.2, 0.25) is 0 Å². The van der Waals surface area contributed by atoms with Gasteiger partial charge in [0, 0.05) is 17.4 Å². The molecule has 1 aromatic heterocycles. The fourth-order valence-electron chi connectivity index (χ4n) is 1.02. The zero-order valence-corrected chi connectivity index (χ0v) is 4.79. The predicted molar refractivity (Wildman–Crippen MR) is 33.2 cm³/mol. The molecule has 1 aliphatic rings. The monoisotopic (exact) mass is 123 g/mol. The summed E-state index contributed by atoms with van der Waals surface area (Å²) < 4.78 is 4.89. The molecule has 0 saturated carbocycles. The van der Waals surface area contributed by atoms with E-state index in [0.29, 0.717) is 6.61 Å². The van der Waals surface area contributed by atoms with Crippen LogP contribution in [0.5, 0.6) is 0 Å². The highest BCUT2D eigenvalue weighted by Gasteiger charge is 2.27. The van der Waals surface area contributed by atoms with Crippen LogP contribution in [0.2, 0.25) is 0 Å². The Morgan fingerprint density at radius 1 is 1.78 bits per heavy atom. The van der Waals surface area contributed by atoms with E-state index in [0.717, 1.165) is 11.2 Å². The number of rotatable bonds is 0. The number of nitrogens with one attached hydrogen (secondary N) is 1. The molecule has 2 rings (SSSR count). The highest BCUT2D eigenvalue weighted by molar-refractivity contribution is 6.61. The summed E-state index contributed by atoms with van der Waals surface area (Å²) in [6.07, 6.45) is 1.80. The Kier molecular flexibility index (Phi) is 0.915. The van der Waals surface area contributed by atoms with Crippen LogP contribution in [0, 0.1) is 0 Å². The first-order chi connectivity index (χ1) is 4.38. The number of aromatic amines is 1. The van der Waals surface area contributed by atoms with Crippen LogP contribution in [-0.2, 0) is 11.3 Å². The Morgan fingerprint density at radius 2 is 2.67 bits per heavy atom. The van der Waals surface area contributed by atoms with Gasteiger partial charge in [0.25, 0.3) is 0 Å². The third-order valence-electron chi connectivity index (χ3n) is 1.52. The average molecular weight is 123 g/mol. The molecular weight excluding hydrogens is 117 g/mol. The highest BCUT2D eigenvalue weighted by atomic mass is 16.5. The number of hydrogen-bond donors (Lipinski definition) is 2. The van der Waals surface area contributed by atoms with E-state index in [4.69, 9.17) is 9.68 Å². The van der Waals surface area contributed by atoms with E-state index in [-0.39, 0.29) is 0 Å². The van der Waals surface area contributed by atoms with Crippen LogP contribution in [0.4, 0.5) is 0 Å². The molecule has 46 valence electrons. The van der Waals surface area contributed by atoms with Crippen molar-refractivity contribution in [2.75, 3.05) is 0 Å². The zero-order chi connectivity index (χ0) is 6.27. The zero-order valence-electron chi connectivity index (χ0n) is 4.79. The van der Waals surface area contributed by atoms with Gasteiger partial charge in [0.05, 0.1) is 6.61 Å². The molecule has 2 heterocycles. The van der Waals surface area contributed by atoms with E-state index < -0.39 is 7.12 Å². The summed E-state index contributed by atoms with van der Waals surface area (Å²) >= 11 is 0. The van der Waals surface area contributed by atoms with Crippen LogP contribution in [0.15, 0.2) is 12.3 Å². The van der Waals surface area contributed by atoms with Crippen LogP contribution < -0.4 is 5.46 Å². The average Bonchev–Trinajstić information content (AvgIpc) is 2.35. The minimum atomic E-state index is -0.703. The largest absolute Gasteiger partial charge is 0.493 e. The fourth-order valence-corrected chi connectivity index (χ4v) is 1.02. The van der Waals surface area contributed by atoms with E-state index in [1.807, 2.05) is 6.07 Å². The lowest BCUT2D eigenvalue weighted by molar-refractivity contribution is 0.272. The van der Waals surface area contributed by atoms with Crippen molar-refractivity contribution >= 4 is 12.6 Å². The van der Waals surface area contributed by atoms with Gasteiger partial charge in [0.15, 0.2) is 0 Å². The quantitative estimate of drug-likeness (QED) is 0.445. The minimum Gasteiger partial charge on any atom is -0.423 e. The first kappa shape index (κ1) is 5.08. The lowest BCUT2D eigenvalue weighted by Gasteiger charge is -1.90. The minimum absolute atomic E-state index is 0.503. The second kappa shape index (κ2) is 1.62. The van der Waals surface area contributed by atoms with Crippen molar-refractivity contribution < 1.29 is 9.68 Å². The van der Waals surface area contributed by atoms with Crippen LogP contribution in [0.1, 0.15) is 5.69 Å². The van der Waals surface area contributed by atoms with Gasteiger partial charge >= 0.3 is 7.12 Å².